The zero-order valence-electron chi connectivity index (χ0n) is 11.4. The van der Waals surface area contributed by atoms with Gasteiger partial charge in [0, 0.05) is 24.1 Å². The van der Waals surface area contributed by atoms with Gasteiger partial charge < -0.3 is 19.8 Å². The number of benzene rings is 1. The van der Waals surface area contributed by atoms with E-state index in [9.17, 15) is 9.59 Å². The van der Waals surface area contributed by atoms with Crippen LogP contribution in [0.2, 0.25) is 0 Å². The van der Waals surface area contributed by atoms with Gasteiger partial charge in [-0.3, -0.25) is 9.59 Å². The average Bonchev–Trinajstić information content (AvgIpc) is 2.86. The fraction of sp³-hybridized carbons (Fsp3) is 0.286. The van der Waals surface area contributed by atoms with Gasteiger partial charge >= 0.3 is 0 Å². The summed E-state index contributed by atoms with van der Waals surface area (Å²) in [4.78, 5) is 22.8. The van der Waals surface area contributed by atoms with Crippen LogP contribution in [0.3, 0.4) is 0 Å². The molecule has 0 spiro atoms. The first-order chi connectivity index (χ1) is 9.63. The first-order valence-electron chi connectivity index (χ1n) is 6.15. The molecule has 6 nitrogen and oxygen atoms in total. The molecule has 0 aliphatic heterocycles. The number of methoxy groups -OCH3 is 1. The van der Waals surface area contributed by atoms with E-state index in [0.717, 1.165) is 10.9 Å². The molecule has 0 saturated carbocycles. The number of rotatable bonds is 5. The Morgan fingerprint density at radius 1 is 1.30 bits per heavy atom. The van der Waals surface area contributed by atoms with E-state index in [1.54, 1.807) is 19.4 Å². The molecule has 2 amide bonds. The molecule has 106 valence electrons. The number of hydrogen-bond acceptors (Lipinski definition) is 4. The third kappa shape index (κ3) is 3.09. The Morgan fingerprint density at radius 2 is 2.10 bits per heavy atom. The van der Waals surface area contributed by atoms with Crippen LogP contribution in [0, 0.1) is 0 Å². The van der Waals surface area contributed by atoms with Gasteiger partial charge in [0.2, 0.25) is 11.8 Å². The summed E-state index contributed by atoms with van der Waals surface area (Å²) >= 11 is 0. The fourth-order valence-electron chi connectivity index (χ4n) is 1.83. The molecule has 2 rings (SSSR count). The normalized spacial score (nSPS) is 10.3. The van der Waals surface area contributed by atoms with Gasteiger partial charge in [-0.25, -0.2) is 0 Å². The lowest BCUT2D eigenvalue weighted by atomic mass is 10.1. The third-order valence-electron chi connectivity index (χ3n) is 2.94. The molecule has 20 heavy (non-hydrogen) atoms. The van der Waals surface area contributed by atoms with Crippen LogP contribution in [0.4, 0.5) is 0 Å². The molecule has 0 aliphatic rings. The lowest BCUT2D eigenvalue weighted by Gasteiger charge is -2.03. The zero-order valence-corrected chi connectivity index (χ0v) is 11.4. The predicted molar refractivity (Wildman–Crippen MR) is 73.5 cm³/mol. The second-order valence-corrected chi connectivity index (χ2v) is 4.25. The van der Waals surface area contributed by atoms with Crippen molar-refractivity contribution in [2.75, 3.05) is 20.7 Å². The van der Waals surface area contributed by atoms with Crippen LogP contribution in [0.25, 0.3) is 11.0 Å². The number of amides is 2. The number of carbonyl (C=O) groups excluding carboxylic acids is 2. The molecule has 1 heterocycles. The van der Waals surface area contributed by atoms with Crippen molar-refractivity contribution >= 4 is 22.8 Å². The minimum Gasteiger partial charge on any atom is -0.497 e. The van der Waals surface area contributed by atoms with E-state index in [0.29, 0.717) is 11.3 Å². The quantitative estimate of drug-likeness (QED) is 0.848. The third-order valence-corrected chi connectivity index (χ3v) is 2.94. The lowest BCUT2D eigenvalue weighted by Crippen LogP contribution is -2.35. The van der Waals surface area contributed by atoms with Gasteiger partial charge in [0.15, 0.2) is 0 Å². The number of fused-ring (bicyclic) bond motifs is 1. The second-order valence-electron chi connectivity index (χ2n) is 4.25. The Kier molecular flexibility index (Phi) is 4.24. The number of likely N-dealkylation sites (N-methyl/N-ethyl adjacent to an activating group) is 1. The van der Waals surface area contributed by atoms with Crippen LogP contribution in [-0.4, -0.2) is 32.5 Å². The van der Waals surface area contributed by atoms with Gasteiger partial charge in [0.1, 0.15) is 11.3 Å². The van der Waals surface area contributed by atoms with Gasteiger partial charge in [-0.05, 0) is 12.1 Å². The smallest absolute Gasteiger partial charge is 0.239 e. The monoisotopic (exact) mass is 276 g/mol. The summed E-state index contributed by atoms with van der Waals surface area (Å²) in [6, 6.07) is 5.42. The van der Waals surface area contributed by atoms with Crippen LogP contribution >= 0.6 is 0 Å². The molecule has 0 unspecified atom stereocenters. The van der Waals surface area contributed by atoms with E-state index in [1.807, 2.05) is 12.1 Å². The van der Waals surface area contributed by atoms with Crippen molar-refractivity contribution in [1.82, 2.24) is 10.6 Å². The molecule has 0 fully saturated rings. The maximum Gasteiger partial charge on any atom is 0.239 e. The lowest BCUT2D eigenvalue weighted by molar-refractivity contribution is -0.125. The summed E-state index contributed by atoms with van der Waals surface area (Å²) in [5.74, 6) is 0.231. The van der Waals surface area contributed by atoms with Gasteiger partial charge in [-0.2, -0.15) is 0 Å². The van der Waals surface area contributed by atoms with Crippen molar-refractivity contribution in [3.8, 4) is 5.75 Å². The summed E-state index contributed by atoms with van der Waals surface area (Å²) in [5.41, 5.74) is 1.44. The highest BCUT2D eigenvalue weighted by Crippen LogP contribution is 2.25. The summed E-state index contributed by atoms with van der Waals surface area (Å²) in [7, 11) is 3.10. The van der Waals surface area contributed by atoms with Crippen LogP contribution in [0.15, 0.2) is 28.9 Å². The molecule has 0 aliphatic carbocycles. The number of hydrogen-bond donors (Lipinski definition) is 2. The average molecular weight is 276 g/mol. The number of nitrogens with one attached hydrogen (secondary N) is 2. The van der Waals surface area contributed by atoms with Crippen molar-refractivity contribution < 1.29 is 18.7 Å². The first kappa shape index (κ1) is 13.9. The van der Waals surface area contributed by atoms with Crippen LogP contribution in [0.5, 0.6) is 5.75 Å². The molecule has 2 N–H and O–H groups in total. The van der Waals surface area contributed by atoms with E-state index >= 15 is 0 Å². The molecule has 1 aromatic heterocycles. The van der Waals surface area contributed by atoms with E-state index in [4.69, 9.17) is 9.15 Å². The van der Waals surface area contributed by atoms with E-state index in [1.165, 1.54) is 7.05 Å². The molecule has 2 aromatic rings. The predicted octanol–water partition coefficient (Wildman–Crippen LogP) is 0.846. The molecule has 0 radical (unpaired) electrons. The molecule has 6 heteroatoms. The summed E-state index contributed by atoms with van der Waals surface area (Å²) < 4.78 is 10.5. The molecular formula is C14H16N2O4. The van der Waals surface area contributed by atoms with Crippen LogP contribution in [-0.2, 0) is 16.0 Å². The van der Waals surface area contributed by atoms with Gasteiger partial charge in [0.05, 0.1) is 26.3 Å². The minimum absolute atomic E-state index is 0.0288. The molecule has 1 aromatic carbocycles. The Hall–Kier alpha value is -2.50. The van der Waals surface area contributed by atoms with Crippen molar-refractivity contribution in [2.24, 2.45) is 0 Å². The van der Waals surface area contributed by atoms with Crippen molar-refractivity contribution in [1.29, 1.82) is 0 Å². The van der Waals surface area contributed by atoms with Gasteiger partial charge in [-0.15, -0.1) is 0 Å². The van der Waals surface area contributed by atoms with E-state index in [2.05, 4.69) is 10.6 Å². The maximum atomic E-state index is 11.7. The Morgan fingerprint density at radius 3 is 2.80 bits per heavy atom. The Balaban J connectivity index is 2.06. The highest BCUT2D eigenvalue weighted by Gasteiger charge is 2.11. The van der Waals surface area contributed by atoms with Gasteiger partial charge in [-0.1, -0.05) is 0 Å². The van der Waals surface area contributed by atoms with Crippen LogP contribution in [0.1, 0.15) is 5.56 Å². The van der Waals surface area contributed by atoms with Crippen LogP contribution < -0.4 is 15.4 Å². The highest BCUT2D eigenvalue weighted by atomic mass is 16.5. The standard InChI is InChI=1S/C14H16N2O4/c1-15-14(18)7-16-13(17)5-9-8-20-12-6-10(19-2)3-4-11(9)12/h3-4,6,8H,5,7H2,1-2H3,(H,15,18)(H,16,17). The summed E-state index contributed by atoms with van der Waals surface area (Å²) in [6.45, 7) is -0.0288. The van der Waals surface area contributed by atoms with Crippen molar-refractivity contribution in [2.45, 2.75) is 6.42 Å². The Bertz CT molecular complexity index is 633. The molecule has 0 saturated heterocycles. The zero-order chi connectivity index (χ0) is 14.5. The molecule has 0 atom stereocenters. The highest BCUT2D eigenvalue weighted by molar-refractivity contribution is 5.90. The Labute approximate surface area is 116 Å². The number of ether oxygens (including phenoxy) is 1. The van der Waals surface area contributed by atoms with Gasteiger partial charge in [0.25, 0.3) is 0 Å². The maximum absolute atomic E-state index is 11.7. The fourth-order valence-corrected chi connectivity index (χ4v) is 1.83. The number of furan rings is 1. The topological polar surface area (TPSA) is 80.6 Å². The van der Waals surface area contributed by atoms with E-state index in [-0.39, 0.29) is 24.8 Å². The minimum atomic E-state index is -0.236. The first-order valence-corrected chi connectivity index (χ1v) is 6.15. The largest absolute Gasteiger partial charge is 0.497 e. The number of carbonyl (C=O) groups is 2. The van der Waals surface area contributed by atoms with E-state index < -0.39 is 0 Å². The molecular weight excluding hydrogens is 260 g/mol. The van der Waals surface area contributed by atoms with Crippen molar-refractivity contribution in [3.05, 3.63) is 30.0 Å². The van der Waals surface area contributed by atoms with Crippen molar-refractivity contribution in [3.63, 3.8) is 0 Å². The summed E-state index contributed by atoms with van der Waals surface area (Å²) in [5, 5.41) is 5.84. The SMILES string of the molecule is CNC(=O)CNC(=O)Cc1coc2cc(OC)ccc12. The summed E-state index contributed by atoms with van der Waals surface area (Å²) in [6.07, 6.45) is 1.71. The second kappa shape index (κ2) is 6.10. The molecule has 0 bridgehead atoms.